The second-order valence-electron chi connectivity index (χ2n) is 6.07. The highest BCUT2D eigenvalue weighted by molar-refractivity contribution is 7.89. The van der Waals surface area contributed by atoms with Gasteiger partial charge in [0.25, 0.3) is 0 Å². The molecular formula is C13H18N2O5S2. The highest BCUT2D eigenvalue weighted by Gasteiger charge is 2.63. The van der Waals surface area contributed by atoms with Crippen molar-refractivity contribution in [3.8, 4) is 5.88 Å². The smallest absolute Gasteiger partial charge is 0.327 e. The maximum atomic E-state index is 12.6. The molecule has 2 saturated carbocycles. The molecule has 1 N–H and O–H groups in total. The zero-order valence-electron chi connectivity index (χ0n) is 12.4. The molecule has 1 spiro atoms. The number of esters is 1. The summed E-state index contributed by atoms with van der Waals surface area (Å²) in [4.78, 5) is 12.1. The molecule has 122 valence electrons. The van der Waals surface area contributed by atoms with Crippen LogP contribution in [0.2, 0.25) is 0 Å². The molecule has 1 aromatic heterocycles. The lowest BCUT2D eigenvalue weighted by Crippen LogP contribution is -2.68. The van der Waals surface area contributed by atoms with Gasteiger partial charge >= 0.3 is 5.97 Å². The van der Waals surface area contributed by atoms with E-state index in [2.05, 4.69) is 9.10 Å². The van der Waals surface area contributed by atoms with Gasteiger partial charge in [0.1, 0.15) is 5.54 Å². The maximum absolute atomic E-state index is 12.6. The lowest BCUT2D eigenvalue weighted by atomic mass is 9.49. The van der Waals surface area contributed by atoms with E-state index in [0.29, 0.717) is 12.8 Å². The molecule has 0 unspecified atom stereocenters. The number of nitrogens with one attached hydrogen (secondary N) is 1. The van der Waals surface area contributed by atoms with Crippen LogP contribution in [0.25, 0.3) is 0 Å². The summed E-state index contributed by atoms with van der Waals surface area (Å²) in [5.74, 6) is -0.494. The Kier molecular flexibility index (Phi) is 3.69. The number of aromatic nitrogens is 1. The number of hydrogen-bond donors (Lipinski definition) is 1. The van der Waals surface area contributed by atoms with Gasteiger partial charge in [-0.1, -0.05) is 6.42 Å². The van der Waals surface area contributed by atoms with Crippen LogP contribution in [0.15, 0.2) is 10.3 Å². The molecule has 1 heterocycles. The van der Waals surface area contributed by atoms with Gasteiger partial charge in [-0.25, -0.2) is 8.42 Å². The normalized spacial score (nSPS) is 21.7. The summed E-state index contributed by atoms with van der Waals surface area (Å²) in [5, 5.41) is 1.39. The Morgan fingerprint density at radius 1 is 1.36 bits per heavy atom. The van der Waals surface area contributed by atoms with Crippen molar-refractivity contribution >= 4 is 27.5 Å². The van der Waals surface area contributed by atoms with E-state index >= 15 is 0 Å². The van der Waals surface area contributed by atoms with E-state index in [1.165, 1.54) is 19.6 Å². The molecule has 0 aromatic carbocycles. The van der Waals surface area contributed by atoms with Gasteiger partial charge in [0.05, 0.1) is 14.2 Å². The number of methoxy groups -OCH3 is 2. The fraction of sp³-hybridized carbons (Fsp3) is 0.692. The Morgan fingerprint density at radius 2 is 2.05 bits per heavy atom. The Morgan fingerprint density at radius 3 is 2.55 bits per heavy atom. The first-order chi connectivity index (χ1) is 10.4. The number of ether oxygens (including phenoxy) is 2. The first kappa shape index (κ1) is 15.7. The minimum atomic E-state index is -3.90. The molecule has 1 aromatic rings. The molecule has 0 bridgehead atoms. The van der Waals surface area contributed by atoms with Crippen LogP contribution >= 0.6 is 11.5 Å². The zero-order valence-corrected chi connectivity index (χ0v) is 14.1. The van der Waals surface area contributed by atoms with Crippen LogP contribution in [0.1, 0.15) is 32.1 Å². The third-order valence-electron chi connectivity index (χ3n) is 4.66. The molecule has 2 aliphatic carbocycles. The van der Waals surface area contributed by atoms with E-state index in [1.807, 2.05) is 0 Å². The predicted octanol–water partition coefficient (Wildman–Crippen LogP) is 1.31. The summed E-state index contributed by atoms with van der Waals surface area (Å²) in [7, 11) is -1.26. The summed E-state index contributed by atoms with van der Waals surface area (Å²) < 4.78 is 41.4. The Labute approximate surface area is 133 Å². The zero-order chi connectivity index (χ0) is 16.0. The largest absolute Gasteiger partial charge is 0.479 e. The molecule has 0 aliphatic heterocycles. The third-order valence-corrected chi connectivity index (χ3v) is 6.96. The number of carbonyl (C=O) groups excluding carboxylic acids is 1. The highest BCUT2D eigenvalue weighted by Crippen LogP contribution is 2.61. The minimum absolute atomic E-state index is 0.0372. The molecular weight excluding hydrogens is 328 g/mol. The van der Waals surface area contributed by atoms with Crippen LogP contribution in [-0.4, -0.2) is 38.5 Å². The maximum Gasteiger partial charge on any atom is 0.327 e. The highest BCUT2D eigenvalue weighted by atomic mass is 32.2. The Bertz CT molecular complexity index is 685. The SMILES string of the molecule is COC(=O)C1(NS(=O)(=O)c2csnc2OC)CC2(CCC2)C1. The summed E-state index contributed by atoms with van der Waals surface area (Å²) in [6.45, 7) is 0. The van der Waals surface area contributed by atoms with Crippen LogP contribution in [0.5, 0.6) is 5.88 Å². The van der Waals surface area contributed by atoms with Crippen LogP contribution < -0.4 is 9.46 Å². The second kappa shape index (κ2) is 5.17. The quantitative estimate of drug-likeness (QED) is 0.808. The van der Waals surface area contributed by atoms with Gasteiger partial charge in [0.2, 0.25) is 15.9 Å². The summed E-state index contributed by atoms with van der Waals surface area (Å²) in [5.41, 5.74) is -1.06. The standard InChI is InChI=1S/C13H18N2O5S2/c1-19-10-9(6-21-14-10)22(17,18)15-13(11(16)20-2)7-12(8-13)4-3-5-12/h6,15H,3-5,7-8H2,1-2H3. The van der Waals surface area contributed by atoms with E-state index in [-0.39, 0.29) is 16.2 Å². The second-order valence-corrected chi connectivity index (χ2v) is 8.35. The first-order valence-electron chi connectivity index (χ1n) is 6.97. The van der Waals surface area contributed by atoms with Crippen molar-refractivity contribution in [3.63, 3.8) is 0 Å². The Balaban J connectivity index is 1.86. The average Bonchev–Trinajstić information content (AvgIpc) is 2.88. The van der Waals surface area contributed by atoms with Crippen LogP contribution in [-0.2, 0) is 19.6 Å². The van der Waals surface area contributed by atoms with Crippen molar-refractivity contribution in [1.29, 1.82) is 0 Å². The van der Waals surface area contributed by atoms with Crippen molar-refractivity contribution in [2.45, 2.75) is 42.5 Å². The molecule has 0 atom stereocenters. The van der Waals surface area contributed by atoms with Gasteiger partial charge in [-0.15, -0.1) is 0 Å². The monoisotopic (exact) mass is 346 g/mol. The van der Waals surface area contributed by atoms with Crippen LogP contribution in [0, 0.1) is 5.41 Å². The van der Waals surface area contributed by atoms with E-state index in [1.54, 1.807) is 0 Å². The number of rotatable bonds is 5. The van der Waals surface area contributed by atoms with Crippen molar-refractivity contribution < 1.29 is 22.7 Å². The lowest BCUT2D eigenvalue weighted by Gasteiger charge is -2.59. The molecule has 3 rings (SSSR count). The topological polar surface area (TPSA) is 94.6 Å². The van der Waals surface area contributed by atoms with E-state index in [9.17, 15) is 13.2 Å². The van der Waals surface area contributed by atoms with Gasteiger partial charge in [0.15, 0.2) is 4.90 Å². The van der Waals surface area contributed by atoms with Gasteiger partial charge in [0, 0.05) is 5.38 Å². The van der Waals surface area contributed by atoms with Crippen LogP contribution in [0.4, 0.5) is 0 Å². The lowest BCUT2D eigenvalue weighted by molar-refractivity contribution is -0.163. The molecule has 9 heteroatoms. The van der Waals surface area contributed by atoms with E-state index in [4.69, 9.17) is 9.47 Å². The summed E-state index contributed by atoms with van der Waals surface area (Å²) in [6.07, 6.45) is 4.19. The number of sulfonamides is 1. The van der Waals surface area contributed by atoms with Gasteiger partial charge < -0.3 is 9.47 Å². The minimum Gasteiger partial charge on any atom is -0.479 e. The third kappa shape index (κ3) is 2.31. The van der Waals surface area contributed by atoms with Crippen molar-refractivity contribution in [2.75, 3.05) is 14.2 Å². The summed E-state index contributed by atoms with van der Waals surface area (Å²) in [6, 6.07) is 0. The van der Waals surface area contributed by atoms with Gasteiger partial charge in [-0.3, -0.25) is 4.79 Å². The van der Waals surface area contributed by atoms with Crippen molar-refractivity contribution in [1.82, 2.24) is 9.10 Å². The van der Waals surface area contributed by atoms with Gasteiger partial charge in [-0.05, 0) is 42.6 Å². The van der Waals surface area contributed by atoms with Crippen molar-refractivity contribution in [3.05, 3.63) is 5.38 Å². The molecule has 0 amide bonds. The molecule has 2 fully saturated rings. The Hall–Kier alpha value is -1.19. The fourth-order valence-corrected chi connectivity index (χ4v) is 5.98. The fourth-order valence-electron chi connectivity index (χ4n) is 3.56. The van der Waals surface area contributed by atoms with E-state index < -0.39 is 21.5 Å². The van der Waals surface area contributed by atoms with Gasteiger partial charge in [-0.2, -0.15) is 9.10 Å². The molecule has 7 nitrogen and oxygen atoms in total. The molecule has 0 radical (unpaired) electrons. The number of hydrogen-bond acceptors (Lipinski definition) is 7. The van der Waals surface area contributed by atoms with Crippen LogP contribution in [0.3, 0.4) is 0 Å². The predicted molar refractivity (Wildman–Crippen MR) is 79.3 cm³/mol. The number of carbonyl (C=O) groups is 1. The molecule has 2 aliphatic rings. The van der Waals surface area contributed by atoms with Crippen molar-refractivity contribution in [2.24, 2.45) is 5.41 Å². The number of nitrogens with zero attached hydrogens (tertiary/aromatic N) is 1. The molecule has 0 saturated heterocycles. The average molecular weight is 346 g/mol. The van der Waals surface area contributed by atoms with E-state index in [0.717, 1.165) is 30.8 Å². The molecule has 22 heavy (non-hydrogen) atoms. The summed E-state index contributed by atoms with van der Waals surface area (Å²) >= 11 is 0.989. The first-order valence-corrected chi connectivity index (χ1v) is 9.29.